The van der Waals surface area contributed by atoms with Gasteiger partial charge in [0, 0.05) is 17.5 Å². The van der Waals surface area contributed by atoms with E-state index in [1.807, 2.05) is 13.0 Å². The van der Waals surface area contributed by atoms with Gasteiger partial charge in [-0.05, 0) is 25.1 Å². The maximum absolute atomic E-state index is 11.9. The quantitative estimate of drug-likeness (QED) is 0.766. The first-order chi connectivity index (χ1) is 7.68. The van der Waals surface area contributed by atoms with E-state index in [-0.39, 0.29) is 12.3 Å². The first-order valence-corrected chi connectivity index (χ1v) is 5.32. The molecule has 2 aromatic rings. The lowest BCUT2D eigenvalue weighted by atomic mass is 10.1. The number of aryl methyl sites for hydroxylation is 1. The highest BCUT2D eigenvalue weighted by atomic mass is 35.5. The standard InChI is InChI=1S/C12H11ClN2O/c1-9-6-7-14-15(9)8-12(16)10-4-2-3-5-11(10)13/h2-7H,8H2,1H3. The molecule has 0 radical (unpaired) electrons. The summed E-state index contributed by atoms with van der Waals surface area (Å²) in [7, 11) is 0. The van der Waals surface area contributed by atoms with Gasteiger partial charge in [-0.3, -0.25) is 9.48 Å². The Morgan fingerprint density at radius 1 is 1.38 bits per heavy atom. The van der Waals surface area contributed by atoms with Gasteiger partial charge in [0.2, 0.25) is 0 Å². The van der Waals surface area contributed by atoms with E-state index in [0.717, 1.165) is 5.69 Å². The van der Waals surface area contributed by atoms with Crippen LogP contribution in [0.3, 0.4) is 0 Å². The Morgan fingerprint density at radius 3 is 2.75 bits per heavy atom. The van der Waals surface area contributed by atoms with Crippen LogP contribution in [-0.2, 0) is 6.54 Å². The molecule has 1 aromatic carbocycles. The van der Waals surface area contributed by atoms with Gasteiger partial charge in [-0.25, -0.2) is 0 Å². The van der Waals surface area contributed by atoms with Crippen molar-refractivity contribution in [2.45, 2.75) is 13.5 Å². The number of benzene rings is 1. The summed E-state index contributed by atoms with van der Waals surface area (Å²) >= 11 is 5.95. The van der Waals surface area contributed by atoms with Crippen molar-refractivity contribution >= 4 is 17.4 Å². The van der Waals surface area contributed by atoms with Gasteiger partial charge in [0.15, 0.2) is 5.78 Å². The Hall–Kier alpha value is -1.61. The number of Topliss-reactive ketones (excluding diaryl/α,β-unsaturated/α-hetero) is 1. The van der Waals surface area contributed by atoms with Gasteiger partial charge in [-0.2, -0.15) is 5.10 Å². The van der Waals surface area contributed by atoms with Crippen LogP contribution in [0.15, 0.2) is 36.5 Å². The lowest BCUT2D eigenvalue weighted by molar-refractivity contribution is 0.0967. The van der Waals surface area contributed by atoms with Crippen LogP contribution in [0, 0.1) is 6.92 Å². The monoisotopic (exact) mass is 234 g/mol. The summed E-state index contributed by atoms with van der Waals surface area (Å²) in [5.74, 6) is -0.0302. The molecule has 0 fully saturated rings. The van der Waals surface area contributed by atoms with Crippen molar-refractivity contribution in [3.8, 4) is 0 Å². The van der Waals surface area contributed by atoms with Crippen molar-refractivity contribution in [3.05, 3.63) is 52.8 Å². The van der Waals surface area contributed by atoms with E-state index in [4.69, 9.17) is 11.6 Å². The molecule has 1 heterocycles. The highest BCUT2D eigenvalue weighted by molar-refractivity contribution is 6.33. The second-order valence-electron chi connectivity index (χ2n) is 3.53. The van der Waals surface area contributed by atoms with Crippen molar-refractivity contribution in [1.29, 1.82) is 0 Å². The molecule has 82 valence electrons. The summed E-state index contributed by atoms with van der Waals surface area (Å²) in [5.41, 5.74) is 1.50. The molecule has 0 amide bonds. The van der Waals surface area contributed by atoms with Gasteiger partial charge in [0.25, 0.3) is 0 Å². The highest BCUT2D eigenvalue weighted by Crippen LogP contribution is 2.16. The molecular formula is C12H11ClN2O. The summed E-state index contributed by atoms with van der Waals surface area (Å²) in [6.45, 7) is 2.13. The van der Waals surface area contributed by atoms with Crippen LogP contribution >= 0.6 is 11.6 Å². The molecule has 0 unspecified atom stereocenters. The zero-order chi connectivity index (χ0) is 11.5. The smallest absolute Gasteiger partial charge is 0.185 e. The van der Waals surface area contributed by atoms with Gasteiger partial charge in [-0.1, -0.05) is 23.7 Å². The Kier molecular flexibility index (Phi) is 3.06. The first-order valence-electron chi connectivity index (χ1n) is 4.94. The summed E-state index contributed by atoms with van der Waals surface area (Å²) in [4.78, 5) is 11.9. The molecule has 0 saturated heterocycles. The number of carbonyl (C=O) groups is 1. The Balaban J connectivity index is 2.22. The number of hydrogen-bond donors (Lipinski definition) is 0. The molecule has 0 atom stereocenters. The van der Waals surface area contributed by atoms with Crippen LogP contribution in [0.1, 0.15) is 16.1 Å². The summed E-state index contributed by atoms with van der Waals surface area (Å²) in [6, 6.07) is 8.90. The molecule has 4 heteroatoms. The average molecular weight is 235 g/mol. The number of halogens is 1. The minimum absolute atomic E-state index is 0.0302. The van der Waals surface area contributed by atoms with Crippen molar-refractivity contribution in [2.75, 3.05) is 0 Å². The van der Waals surface area contributed by atoms with E-state index in [1.165, 1.54) is 0 Å². The molecule has 1 aromatic heterocycles. The predicted molar refractivity (Wildman–Crippen MR) is 62.7 cm³/mol. The maximum atomic E-state index is 11.9. The minimum Gasteiger partial charge on any atom is -0.292 e. The fourth-order valence-corrected chi connectivity index (χ4v) is 1.71. The highest BCUT2D eigenvalue weighted by Gasteiger charge is 2.11. The second kappa shape index (κ2) is 4.49. The van der Waals surface area contributed by atoms with Crippen molar-refractivity contribution < 1.29 is 4.79 Å². The number of hydrogen-bond acceptors (Lipinski definition) is 2. The van der Waals surface area contributed by atoms with Crippen LogP contribution in [0.2, 0.25) is 5.02 Å². The Bertz CT molecular complexity index is 519. The van der Waals surface area contributed by atoms with Gasteiger partial charge in [0.05, 0.1) is 5.02 Å². The van der Waals surface area contributed by atoms with Gasteiger partial charge < -0.3 is 0 Å². The van der Waals surface area contributed by atoms with E-state index >= 15 is 0 Å². The number of carbonyl (C=O) groups excluding carboxylic acids is 1. The minimum atomic E-state index is -0.0302. The molecule has 16 heavy (non-hydrogen) atoms. The molecule has 0 spiro atoms. The van der Waals surface area contributed by atoms with Crippen molar-refractivity contribution in [1.82, 2.24) is 9.78 Å². The zero-order valence-electron chi connectivity index (χ0n) is 8.85. The fraction of sp³-hybridized carbons (Fsp3) is 0.167. The van der Waals surface area contributed by atoms with Crippen molar-refractivity contribution in [3.63, 3.8) is 0 Å². The van der Waals surface area contributed by atoms with E-state index in [9.17, 15) is 4.79 Å². The molecule has 0 aliphatic rings. The van der Waals surface area contributed by atoms with Crippen LogP contribution in [0.25, 0.3) is 0 Å². The lowest BCUT2D eigenvalue weighted by Gasteiger charge is -2.05. The van der Waals surface area contributed by atoms with Gasteiger partial charge in [-0.15, -0.1) is 0 Å². The summed E-state index contributed by atoms with van der Waals surface area (Å²) < 4.78 is 1.66. The first kappa shape index (κ1) is 10.9. The van der Waals surface area contributed by atoms with Crippen LogP contribution in [0.5, 0.6) is 0 Å². The zero-order valence-corrected chi connectivity index (χ0v) is 9.61. The van der Waals surface area contributed by atoms with Crippen LogP contribution < -0.4 is 0 Å². The van der Waals surface area contributed by atoms with Crippen LogP contribution in [0.4, 0.5) is 0 Å². The SMILES string of the molecule is Cc1ccnn1CC(=O)c1ccccc1Cl. The molecule has 0 saturated carbocycles. The number of nitrogens with zero attached hydrogens (tertiary/aromatic N) is 2. The number of ketones is 1. The second-order valence-corrected chi connectivity index (χ2v) is 3.94. The third-order valence-corrected chi connectivity index (χ3v) is 2.73. The summed E-state index contributed by atoms with van der Waals surface area (Å²) in [5, 5.41) is 4.55. The fourth-order valence-electron chi connectivity index (χ4n) is 1.47. The third kappa shape index (κ3) is 2.14. The lowest BCUT2D eigenvalue weighted by Crippen LogP contribution is -2.13. The summed E-state index contributed by atoms with van der Waals surface area (Å²) in [6.07, 6.45) is 1.68. The van der Waals surface area contributed by atoms with Crippen LogP contribution in [-0.4, -0.2) is 15.6 Å². The molecule has 3 nitrogen and oxygen atoms in total. The normalized spacial score (nSPS) is 10.4. The topological polar surface area (TPSA) is 34.9 Å². The van der Waals surface area contributed by atoms with E-state index in [2.05, 4.69) is 5.10 Å². The Morgan fingerprint density at radius 2 is 2.12 bits per heavy atom. The van der Waals surface area contributed by atoms with Gasteiger partial charge in [0.1, 0.15) is 6.54 Å². The molecule has 0 aliphatic heterocycles. The molecular weight excluding hydrogens is 224 g/mol. The van der Waals surface area contributed by atoms with E-state index < -0.39 is 0 Å². The average Bonchev–Trinajstić information content (AvgIpc) is 2.65. The molecule has 0 bridgehead atoms. The number of aromatic nitrogens is 2. The van der Waals surface area contributed by atoms with Gasteiger partial charge >= 0.3 is 0 Å². The van der Waals surface area contributed by atoms with E-state index in [1.54, 1.807) is 35.1 Å². The molecule has 0 N–H and O–H groups in total. The van der Waals surface area contributed by atoms with Crippen molar-refractivity contribution in [2.24, 2.45) is 0 Å². The third-order valence-electron chi connectivity index (χ3n) is 2.40. The molecule has 2 rings (SSSR count). The maximum Gasteiger partial charge on any atom is 0.185 e. The largest absolute Gasteiger partial charge is 0.292 e. The predicted octanol–water partition coefficient (Wildman–Crippen LogP) is 2.73. The molecule has 0 aliphatic carbocycles. The number of rotatable bonds is 3. The van der Waals surface area contributed by atoms with E-state index in [0.29, 0.717) is 10.6 Å². The Labute approximate surface area is 98.7 Å².